The van der Waals surface area contributed by atoms with Crippen molar-refractivity contribution in [2.75, 3.05) is 7.05 Å². The molecule has 1 nitrogen and oxygen atoms in total. The first kappa shape index (κ1) is 19.1. The van der Waals surface area contributed by atoms with E-state index in [1.807, 2.05) is 0 Å². The van der Waals surface area contributed by atoms with Crippen molar-refractivity contribution in [3.05, 3.63) is 71.3 Å². The molecule has 2 aromatic rings. The monoisotopic (exact) mass is 353 g/mol. The van der Waals surface area contributed by atoms with Crippen molar-refractivity contribution in [1.82, 2.24) is 4.90 Å². The van der Waals surface area contributed by atoms with Crippen LogP contribution in [0.3, 0.4) is 0 Å². The highest BCUT2D eigenvalue weighted by atomic mass is 19.1. The Bertz CT molecular complexity index is 652. The summed E-state index contributed by atoms with van der Waals surface area (Å²) in [4.78, 5) is 2.47. The second-order valence-electron chi connectivity index (χ2n) is 7.80. The van der Waals surface area contributed by atoms with Gasteiger partial charge in [0.25, 0.3) is 0 Å². The van der Waals surface area contributed by atoms with Gasteiger partial charge in [-0.2, -0.15) is 0 Å². The smallest absolute Gasteiger partial charge is 0.107 e. The molecule has 2 aromatic carbocycles. The molecule has 0 radical (unpaired) electrons. The van der Waals surface area contributed by atoms with Crippen molar-refractivity contribution in [3.8, 4) is 0 Å². The largest absolute Gasteiger partial charge is 0.299 e. The molecule has 0 aliphatic heterocycles. The minimum Gasteiger partial charge on any atom is -0.299 e. The summed E-state index contributed by atoms with van der Waals surface area (Å²) in [7, 11) is 2.23. The molecule has 140 valence electrons. The number of hydrogen-bond acceptors (Lipinski definition) is 1. The van der Waals surface area contributed by atoms with Crippen molar-refractivity contribution < 1.29 is 4.39 Å². The summed E-state index contributed by atoms with van der Waals surface area (Å²) in [6, 6.07) is 20.0. The molecule has 3 rings (SSSR count). The summed E-state index contributed by atoms with van der Waals surface area (Å²) in [5.41, 5.74) is 3.93. The van der Waals surface area contributed by atoms with Crippen LogP contribution >= 0.6 is 0 Å². The SMILES string of the molecule is CCC(CCc1ccc(C2CCCC2F)cc1)N(C)Cc1ccccc1. The van der Waals surface area contributed by atoms with Gasteiger partial charge in [-0.15, -0.1) is 0 Å². The quantitative estimate of drug-likeness (QED) is 0.551. The lowest BCUT2D eigenvalue weighted by Crippen LogP contribution is -2.31. The minimum atomic E-state index is -0.642. The van der Waals surface area contributed by atoms with Crippen LogP contribution in [0.5, 0.6) is 0 Å². The van der Waals surface area contributed by atoms with Crippen LogP contribution in [0.1, 0.15) is 61.6 Å². The second kappa shape index (κ2) is 9.32. The second-order valence-corrected chi connectivity index (χ2v) is 7.80. The molecule has 3 unspecified atom stereocenters. The number of benzene rings is 2. The molecule has 0 spiro atoms. The van der Waals surface area contributed by atoms with Gasteiger partial charge < -0.3 is 0 Å². The number of aryl methyl sites for hydroxylation is 1. The Morgan fingerprint density at radius 2 is 1.73 bits per heavy atom. The third-order valence-corrected chi connectivity index (χ3v) is 5.98. The standard InChI is InChI=1S/C24H32FN/c1-3-22(26(2)18-20-8-5-4-6-9-20)17-14-19-12-15-21(16-13-19)23-10-7-11-24(23)25/h4-6,8-9,12-13,15-16,22-24H,3,7,10-11,14,17-18H2,1-2H3. The number of alkyl halides is 1. The van der Waals surface area contributed by atoms with E-state index in [-0.39, 0.29) is 5.92 Å². The Labute approximate surface area is 158 Å². The van der Waals surface area contributed by atoms with Gasteiger partial charge in [-0.05, 0) is 62.3 Å². The molecule has 0 aromatic heterocycles. The van der Waals surface area contributed by atoms with Crippen LogP contribution in [0.4, 0.5) is 4.39 Å². The van der Waals surface area contributed by atoms with Crippen LogP contribution < -0.4 is 0 Å². The summed E-state index contributed by atoms with van der Waals surface area (Å²) in [6.45, 7) is 3.27. The van der Waals surface area contributed by atoms with Gasteiger partial charge in [0.15, 0.2) is 0 Å². The molecule has 1 aliphatic rings. The van der Waals surface area contributed by atoms with E-state index in [9.17, 15) is 4.39 Å². The van der Waals surface area contributed by atoms with Crippen molar-refractivity contribution in [3.63, 3.8) is 0 Å². The Morgan fingerprint density at radius 1 is 1.00 bits per heavy atom. The van der Waals surface area contributed by atoms with E-state index in [4.69, 9.17) is 0 Å². The molecule has 0 N–H and O–H groups in total. The Morgan fingerprint density at radius 3 is 2.35 bits per heavy atom. The third-order valence-electron chi connectivity index (χ3n) is 5.98. The van der Waals surface area contributed by atoms with E-state index < -0.39 is 6.17 Å². The molecule has 2 heteroatoms. The van der Waals surface area contributed by atoms with Crippen LogP contribution in [0.2, 0.25) is 0 Å². The highest BCUT2D eigenvalue weighted by molar-refractivity contribution is 5.27. The highest BCUT2D eigenvalue weighted by Gasteiger charge is 2.28. The zero-order valence-corrected chi connectivity index (χ0v) is 16.2. The third kappa shape index (κ3) is 4.94. The first-order chi connectivity index (χ1) is 12.7. The Kier molecular flexibility index (Phi) is 6.85. The summed E-state index contributed by atoms with van der Waals surface area (Å²) in [6.07, 6.45) is 5.53. The van der Waals surface area contributed by atoms with Gasteiger partial charge in [0.1, 0.15) is 6.17 Å². The Hall–Kier alpha value is -1.67. The fraction of sp³-hybridized carbons (Fsp3) is 0.500. The van der Waals surface area contributed by atoms with Crippen LogP contribution in [0.15, 0.2) is 54.6 Å². The lowest BCUT2D eigenvalue weighted by atomic mass is 9.94. The molecule has 1 fully saturated rings. The molecule has 0 saturated heterocycles. The fourth-order valence-electron chi connectivity index (χ4n) is 4.29. The first-order valence-electron chi connectivity index (χ1n) is 10.1. The van der Waals surface area contributed by atoms with Gasteiger partial charge in [0.2, 0.25) is 0 Å². The molecule has 26 heavy (non-hydrogen) atoms. The molecule has 1 saturated carbocycles. The van der Waals surface area contributed by atoms with Crippen LogP contribution in [-0.4, -0.2) is 24.2 Å². The first-order valence-corrected chi connectivity index (χ1v) is 10.1. The number of rotatable bonds is 8. The summed E-state index contributed by atoms with van der Waals surface area (Å²) in [5.74, 6) is 0.129. The van der Waals surface area contributed by atoms with Crippen LogP contribution in [-0.2, 0) is 13.0 Å². The van der Waals surface area contributed by atoms with Gasteiger partial charge in [0, 0.05) is 18.5 Å². The predicted octanol–water partition coefficient (Wildman–Crippen LogP) is 6.14. The normalized spacial score (nSPS) is 21.2. The zero-order chi connectivity index (χ0) is 18.4. The number of hydrogen-bond donors (Lipinski definition) is 0. The predicted molar refractivity (Wildman–Crippen MR) is 108 cm³/mol. The van der Waals surface area contributed by atoms with Crippen molar-refractivity contribution in [2.24, 2.45) is 0 Å². The number of nitrogens with zero attached hydrogens (tertiary/aromatic N) is 1. The van der Waals surface area contributed by atoms with Gasteiger partial charge in [-0.3, -0.25) is 4.90 Å². The molecular formula is C24H32FN. The lowest BCUT2D eigenvalue weighted by molar-refractivity contribution is 0.216. The molecule has 3 atom stereocenters. The van der Waals surface area contributed by atoms with Gasteiger partial charge in [-0.25, -0.2) is 4.39 Å². The summed E-state index contributed by atoms with van der Waals surface area (Å²) in [5, 5.41) is 0. The fourth-order valence-corrected chi connectivity index (χ4v) is 4.29. The summed E-state index contributed by atoms with van der Waals surface area (Å²) < 4.78 is 13.9. The van der Waals surface area contributed by atoms with E-state index in [0.29, 0.717) is 6.04 Å². The minimum absolute atomic E-state index is 0.129. The van der Waals surface area contributed by atoms with E-state index in [2.05, 4.69) is 73.5 Å². The Balaban J connectivity index is 1.53. The molecule has 0 heterocycles. The summed E-state index contributed by atoms with van der Waals surface area (Å²) >= 11 is 0. The van der Waals surface area contributed by atoms with E-state index in [1.54, 1.807) is 0 Å². The van der Waals surface area contributed by atoms with E-state index in [0.717, 1.165) is 45.1 Å². The van der Waals surface area contributed by atoms with Crippen LogP contribution in [0, 0.1) is 0 Å². The maximum absolute atomic E-state index is 13.9. The van der Waals surface area contributed by atoms with Crippen LogP contribution in [0.25, 0.3) is 0 Å². The maximum Gasteiger partial charge on any atom is 0.107 e. The zero-order valence-electron chi connectivity index (χ0n) is 16.2. The maximum atomic E-state index is 13.9. The molecule has 0 bridgehead atoms. The average molecular weight is 354 g/mol. The van der Waals surface area contributed by atoms with Gasteiger partial charge >= 0.3 is 0 Å². The van der Waals surface area contributed by atoms with Gasteiger partial charge in [-0.1, -0.05) is 61.5 Å². The topological polar surface area (TPSA) is 3.24 Å². The molecule has 1 aliphatic carbocycles. The van der Waals surface area contributed by atoms with Gasteiger partial charge in [0.05, 0.1) is 0 Å². The number of halogens is 1. The van der Waals surface area contributed by atoms with E-state index >= 15 is 0 Å². The lowest BCUT2D eigenvalue weighted by Gasteiger charge is -2.27. The average Bonchev–Trinajstić information content (AvgIpc) is 3.09. The van der Waals surface area contributed by atoms with E-state index in [1.165, 1.54) is 16.7 Å². The van der Waals surface area contributed by atoms with Crippen molar-refractivity contribution in [2.45, 2.75) is 70.1 Å². The van der Waals surface area contributed by atoms with Crippen molar-refractivity contribution in [1.29, 1.82) is 0 Å². The highest BCUT2D eigenvalue weighted by Crippen LogP contribution is 2.36. The molecule has 0 amide bonds. The molecular weight excluding hydrogens is 321 g/mol. The van der Waals surface area contributed by atoms with Crippen molar-refractivity contribution >= 4 is 0 Å².